The third-order valence-electron chi connectivity index (χ3n) is 3.36. The molecule has 6 nitrogen and oxygen atoms in total. The second-order valence-electron chi connectivity index (χ2n) is 5.42. The summed E-state index contributed by atoms with van der Waals surface area (Å²) in [6.07, 6.45) is 2.95. The summed E-state index contributed by atoms with van der Waals surface area (Å²) in [7, 11) is -4.02. The molecule has 0 bridgehead atoms. The number of hydrogen-bond acceptors (Lipinski definition) is 4. The molecule has 0 saturated heterocycles. The lowest BCUT2D eigenvalue weighted by molar-refractivity contribution is -0.138. The maximum absolute atomic E-state index is 13.8. The van der Waals surface area contributed by atoms with Crippen molar-refractivity contribution in [2.45, 2.75) is 25.1 Å². The number of carboxylic acids is 1. The molecule has 128 valence electrons. The van der Waals surface area contributed by atoms with Crippen molar-refractivity contribution < 1.29 is 22.7 Å². The number of hydrogen-bond donors (Lipinski definition) is 2. The van der Waals surface area contributed by atoms with Gasteiger partial charge in [-0.1, -0.05) is 12.1 Å². The molecule has 8 heteroatoms. The van der Waals surface area contributed by atoms with Gasteiger partial charge in [-0.25, -0.2) is 17.5 Å². The second-order valence-corrected chi connectivity index (χ2v) is 7.18. The number of halogens is 1. The predicted molar refractivity (Wildman–Crippen MR) is 86.3 cm³/mol. The molecule has 0 amide bonds. The molecule has 0 fully saturated rings. The number of nitrogens with zero attached hydrogens (tertiary/aromatic N) is 1. The Kier molecular flexibility index (Phi) is 5.63. The third-order valence-corrected chi connectivity index (χ3v) is 4.70. The number of aliphatic carboxylic acids is 1. The molecule has 1 atom stereocenters. The molecule has 0 spiro atoms. The number of carbonyl (C=O) groups is 1. The number of benzene rings is 1. The minimum absolute atomic E-state index is 0.0128. The Morgan fingerprint density at radius 1 is 1.29 bits per heavy atom. The molecule has 24 heavy (non-hydrogen) atoms. The smallest absolute Gasteiger partial charge is 0.322 e. The van der Waals surface area contributed by atoms with Gasteiger partial charge in [0.2, 0.25) is 10.0 Å². The van der Waals surface area contributed by atoms with Gasteiger partial charge in [0, 0.05) is 18.0 Å². The topological polar surface area (TPSA) is 96.4 Å². The van der Waals surface area contributed by atoms with E-state index in [1.807, 2.05) is 0 Å². The Labute approximate surface area is 139 Å². The molecule has 2 rings (SSSR count). The van der Waals surface area contributed by atoms with E-state index >= 15 is 0 Å². The lowest BCUT2D eigenvalue weighted by Crippen LogP contribution is -2.42. The van der Waals surface area contributed by atoms with E-state index in [-0.39, 0.29) is 12.0 Å². The van der Waals surface area contributed by atoms with Crippen LogP contribution in [0.15, 0.2) is 42.7 Å². The quantitative estimate of drug-likeness (QED) is 0.790. The molecule has 1 aromatic carbocycles. The zero-order valence-corrected chi connectivity index (χ0v) is 13.8. The Morgan fingerprint density at radius 2 is 1.96 bits per heavy atom. The summed E-state index contributed by atoms with van der Waals surface area (Å²) < 4.78 is 40.3. The van der Waals surface area contributed by atoms with E-state index in [9.17, 15) is 22.7 Å². The van der Waals surface area contributed by atoms with Crippen LogP contribution in [0.1, 0.15) is 16.7 Å². The zero-order valence-electron chi connectivity index (χ0n) is 12.9. The number of nitrogens with one attached hydrogen (secondary N) is 1. The van der Waals surface area contributed by atoms with E-state index in [2.05, 4.69) is 9.71 Å². The van der Waals surface area contributed by atoms with E-state index in [0.29, 0.717) is 11.1 Å². The number of carboxylic acid groups (broad SMARTS) is 1. The monoisotopic (exact) mass is 352 g/mol. The fourth-order valence-electron chi connectivity index (χ4n) is 2.17. The molecule has 0 aliphatic heterocycles. The van der Waals surface area contributed by atoms with Gasteiger partial charge in [0.15, 0.2) is 0 Å². The van der Waals surface area contributed by atoms with Crippen LogP contribution in [0, 0.1) is 12.7 Å². The highest BCUT2D eigenvalue weighted by molar-refractivity contribution is 7.88. The Morgan fingerprint density at radius 3 is 2.54 bits per heavy atom. The number of pyridine rings is 1. The summed E-state index contributed by atoms with van der Waals surface area (Å²) in [4.78, 5) is 15.1. The molecule has 0 aliphatic rings. The molecule has 1 aromatic heterocycles. The average molecular weight is 352 g/mol. The van der Waals surface area contributed by atoms with Crippen LogP contribution in [0.5, 0.6) is 0 Å². The first-order valence-corrected chi connectivity index (χ1v) is 8.79. The van der Waals surface area contributed by atoms with Crippen LogP contribution in [0.25, 0.3) is 0 Å². The summed E-state index contributed by atoms with van der Waals surface area (Å²) in [6, 6.07) is 6.07. The molecule has 2 N–H and O–H groups in total. The molecule has 0 radical (unpaired) electrons. The summed E-state index contributed by atoms with van der Waals surface area (Å²) in [5, 5.41) is 9.24. The van der Waals surface area contributed by atoms with Crippen molar-refractivity contribution >= 4 is 16.0 Å². The highest BCUT2D eigenvalue weighted by Crippen LogP contribution is 2.13. The largest absolute Gasteiger partial charge is 0.480 e. The minimum Gasteiger partial charge on any atom is -0.480 e. The standard InChI is InChI=1S/C16H17FN2O4S/c1-11-2-3-13(14(17)8-11)10-24(22,23)19-15(16(20)21)9-12-4-6-18-7-5-12/h2-8,15,19H,9-10H2,1H3,(H,20,21). The van der Waals surface area contributed by atoms with Gasteiger partial charge in [-0.05, 0) is 42.7 Å². The van der Waals surface area contributed by atoms with Crippen LogP contribution in [-0.4, -0.2) is 30.5 Å². The maximum Gasteiger partial charge on any atom is 0.322 e. The van der Waals surface area contributed by atoms with Crippen molar-refractivity contribution in [3.8, 4) is 0 Å². The van der Waals surface area contributed by atoms with E-state index < -0.39 is 33.6 Å². The molecular formula is C16H17FN2O4S. The lowest BCUT2D eigenvalue weighted by atomic mass is 10.1. The maximum atomic E-state index is 13.8. The lowest BCUT2D eigenvalue weighted by Gasteiger charge is -2.15. The van der Waals surface area contributed by atoms with Crippen LogP contribution in [0.4, 0.5) is 4.39 Å². The van der Waals surface area contributed by atoms with E-state index in [4.69, 9.17) is 0 Å². The Bertz CT molecular complexity index is 825. The van der Waals surface area contributed by atoms with E-state index in [1.165, 1.54) is 24.5 Å². The van der Waals surface area contributed by atoms with Crippen LogP contribution in [-0.2, 0) is 27.0 Å². The number of aryl methyl sites for hydroxylation is 1. The first-order chi connectivity index (χ1) is 11.3. The molecule has 0 aliphatic carbocycles. The van der Waals surface area contributed by atoms with Crippen molar-refractivity contribution in [3.63, 3.8) is 0 Å². The fraction of sp³-hybridized carbons (Fsp3) is 0.250. The molecule has 2 aromatic rings. The van der Waals surface area contributed by atoms with Gasteiger partial charge < -0.3 is 5.11 Å². The first-order valence-electron chi connectivity index (χ1n) is 7.13. The minimum atomic E-state index is -4.02. The third kappa shape index (κ3) is 5.10. The average Bonchev–Trinajstić information content (AvgIpc) is 2.50. The number of rotatable bonds is 7. The molecule has 1 unspecified atom stereocenters. The Balaban J connectivity index is 2.14. The van der Waals surface area contributed by atoms with Crippen LogP contribution in [0.3, 0.4) is 0 Å². The number of sulfonamides is 1. The van der Waals surface area contributed by atoms with E-state index in [0.717, 1.165) is 0 Å². The zero-order chi connectivity index (χ0) is 17.7. The van der Waals surface area contributed by atoms with Gasteiger partial charge >= 0.3 is 5.97 Å². The normalized spacial score (nSPS) is 12.8. The summed E-state index contributed by atoms with van der Waals surface area (Å²) in [6.45, 7) is 1.69. The van der Waals surface area contributed by atoms with Gasteiger partial charge in [-0.15, -0.1) is 0 Å². The predicted octanol–water partition coefficient (Wildman–Crippen LogP) is 1.64. The SMILES string of the molecule is Cc1ccc(CS(=O)(=O)NC(Cc2ccncc2)C(=O)O)c(F)c1. The van der Waals surface area contributed by atoms with Crippen molar-refractivity contribution in [2.24, 2.45) is 0 Å². The van der Waals surface area contributed by atoms with Crippen LogP contribution < -0.4 is 4.72 Å². The summed E-state index contributed by atoms with van der Waals surface area (Å²) >= 11 is 0. The van der Waals surface area contributed by atoms with Gasteiger partial charge in [-0.2, -0.15) is 0 Å². The Hall–Kier alpha value is -2.32. The van der Waals surface area contributed by atoms with Crippen LogP contribution >= 0.6 is 0 Å². The fourth-order valence-corrected chi connectivity index (χ4v) is 3.51. The first kappa shape index (κ1) is 18.0. The van der Waals surface area contributed by atoms with Gasteiger partial charge in [-0.3, -0.25) is 9.78 Å². The van der Waals surface area contributed by atoms with E-state index in [1.54, 1.807) is 25.1 Å². The van der Waals surface area contributed by atoms with Crippen molar-refractivity contribution in [1.29, 1.82) is 0 Å². The van der Waals surface area contributed by atoms with Crippen molar-refractivity contribution in [3.05, 3.63) is 65.2 Å². The van der Waals surface area contributed by atoms with Gasteiger partial charge in [0.25, 0.3) is 0 Å². The van der Waals surface area contributed by atoms with Crippen molar-refractivity contribution in [1.82, 2.24) is 9.71 Å². The molecule has 1 heterocycles. The van der Waals surface area contributed by atoms with Crippen molar-refractivity contribution in [2.75, 3.05) is 0 Å². The molecule has 0 saturated carbocycles. The van der Waals surface area contributed by atoms with Gasteiger partial charge in [0.1, 0.15) is 11.9 Å². The summed E-state index contributed by atoms with van der Waals surface area (Å²) in [5.74, 6) is -2.57. The van der Waals surface area contributed by atoms with Gasteiger partial charge in [0.05, 0.1) is 5.75 Å². The second kappa shape index (κ2) is 7.50. The van der Waals surface area contributed by atoms with Crippen LogP contribution in [0.2, 0.25) is 0 Å². The number of aromatic nitrogens is 1. The highest BCUT2D eigenvalue weighted by Gasteiger charge is 2.25. The highest BCUT2D eigenvalue weighted by atomic mass is 32.2. The summed E-state index contributed by atoms with van der Waals surface area (Å²) in [5.41, 5.74) is 1.28. The molecular weight excluding hydrogens is 335 g/mol.